The first kappa shape index (κ1) is 13.4. The van der Waals surface area contributed by atoms with Crippen LogP contribution in [0.15, 0.2) is 12.1 Å². The summed E-state index contributed by atoms with van der Waals surface area (Å²) in [4.78, 5) is 15.5. The zero-order valence-electron chi connectivity index (χ0n) is 11.7. The molecule has 2 aliphatic rings. The van der Waals surface area contributed by atoms with Crippen LogP contribution in [-0.4, -0.2) is 23.4 Å². The summed E-state index contributed by atoms with van der Waals surface area (Å²) in [5.41, 5.74) is 0.642. The summed E-state index contributed by atoms with van der Waals surface area (Å²) in [5, 5.41) is 0. The molecule has 2 bridgehead atoms. The summed E-state index contributed by atoms with van der Waals surface area (Å²) in [7, 11) is 0. The number of hydrogen-bond donors (Lipinski definition) is 0. The fourth-order valence-electron chi connectivity index (χ4n) is 4.27. The molecule has 2 atom stereocenters. The van der Waals surface area contributed by atoms with Crippen LogP contribution in [-0.2, 0) is 0 Å². The molecule has 1 aromatic rings. The van der Waals surface area contributed by atoms with Crippen LogP contribution in [0, 0.1) is 10.8 Å². The van der Waals surface area contributed by atoms with Gasteiger partial charge in [-0.1, -0.05) is 32.4 Å². The number of rotatable bonds is 1. The van der Waals surface area contributed by atoms with Crippen LogP contribution in [0.3, 0.4) is 0 Å². The molecule has 0 N–H and O–H groups in total. The fraction of sp³-hybridized carbons (Fsp3) is 0.667. The molecular weight excluding hydrogens is 278 g/mol. The third kappa shape index (κ3) is 2.43. The maximum Gasteiger partial charge on any atom is 0.264 e. The number of halogens is 1. The van der Waals surface area contributed by atoms with E-state index in [9.17, 15) is 4.79 Å². The molecule has 2 heterocycles. The zero-order valence-corrected chi connectivity index (χ0v) is 13.3. The van der Waals surface area contributed by atoms with E-state index >= 15 is 0 Å². The number of hydrogen-bond acceptors (Lipinski definition) is 2. The molecule has 4 heteroatoms. The minimum atomic E-state index is 0.170. The minimum Gasteiger partial charge on any atom is -0.334 e. The van der Waals surface area contributed by atoms with Crippen LogP contribution < -0.4 is 0 Å². The van der Waals surface area contributed by atoms with Crippen LogP contribution in [0.4, 0.5) is 0 Å². The number of fused-ring (bicyclic) bond motifs is 2. The molecule has 2 fully saturated rings. The van der Waals surface area contributed by atoms with Crippen molar-refractivity contribution >= 4 is 28.8 Å². The Morgan fingerprint density at radius 3 is 2.74 bits per heavy atom. The molecule has 3 rings (SSSR count). The van der Waals surface area contributed by atoms with Gasteiger partial charge in [-0.3, -0.25) is 4.79 Å². The monoisotopic (exact) mass is 297 g/mol. The molecule has 0 spiro atoms. The largest absolute Gasteiger partial charge is 0.334 e. The second kappa shape index (κ2) is 4.23. The van der Waals surface area contributed by atoms with Gasteiger partial charge in [0.1, 0.15) is 0 Å². The Morgan fingerprint density at radius 1 is 1.37 bits per heavy atom. The lowest BCUT2D eigenvalue weighted by Crippen LogP contribution is -2.37. The van der Waals surface area contributed by atoms with Crippen molar-refractivity contribution in [3.8, 4) is 0 Å². The van der Waals surface area contributed by atoms with E-state index in [1.54, 1.807) is 0 Å². The van der Waals surface area contributed by atoms with Gasteiger partial charge in [0, 0.05) is 12.6 Å². The van der Waals surface area contributed by atoms with Crippen molar-refractivity contribution in [2.24, 2.45) is 10.8 Å². The average molecular weight is 298 g/mol. The summed E-state index contributed by atoms with van der Waals surface area (Å²) in [5.74, 6) is 0.170. The van der Waals surface area contributed by atoms with Gasteiger partial charge in [0.2, 0.25) is 0 Å². The molecular formula is C15H20ClNOS. The highest BCUT2D eigenvalue weighted by Gasteiger charge is 2.51. The molecule has 0 aromatic carbocycles. The number of likely N-dealkylation sites (tertiary alicyclic amines) is 1. The van der Waals surface area contributed by atoms with Crippen molar-refractivity contribution < 1.29 is 4.79 Å². The summed E-state index contributed by atoms with van der Waals surface area (Å²) < 4.78 is 0.692. The predicted octanol–water partition coefficient (Wildman–Crippen LogP) is 4.44. The highest BCUT2D eigenvalue weighted by molar-refractivity contribution is 7.17. The van der Waals surface area contributed by atoms with E-state index < -0.39 is 0 Å². The number of nitrogens with zero attached hydrogens (tertiary/aromatic N) is 1. The second-order valence-corrected chi connectivity index (χ2v) is 8.97. The SMILES string of the molecule is CC1(C)CC2CC(C)(CN2C(=O)c2ccc(Cl)s2)C1. The van der Waals surface area contributed by atoms with Crippen molar-refractivity contribution in [3.63, 3.8) is 0 Å². The Morgan fingerprint density at radius 2 is 2.11 bits per heavy atom. The molecule has 2 nitrogen and oxygen atoms in total. The maximum absolute atomic E-state index is 12.6. The normalized spacial score (nSPS) is 32.6. The summed E-state index contributed by atoms with van der Waals surface area (Å²) in [6.45, 7) is 7.88. The third-order valence-corrected chi connectivity index (χ3v) is 5.68. The molecule has 1 aliphatic carbocycles. The van der Waals surface area contributed by atoms with E-state index in [0.29, 0.717) is 21.2 Å². The fourth-order valence-corrected chi connectivity index (χ4v) is 5.27. The summed E-state index contributed by atoms with van der Waals surface area (Å²) in [6.07, 6.45) is 3.49. The van der Waals surface area contributed by atoms with E-state index in [0.717, 1.165) is 24.3 Å². The van der Waals surface area contributed by atoms with Crippen LogP contribution >= 0.6 is 22.9 Å². The second-order valence-electron chi connectivity index (χ2n) is 7.25. The van der Waals surface area contributed by atoms with Crippen molar-refractivity contribution in [2.75, 3.05) is 6.54 Å². The first-order valence-corrected chi connectivity index (χ1v) is 8.04. The third-order valence-electron chi connectivity index (χ3n) is 4.46. The Kier molecular flexibility index (Phi) is 2.99. The van der Waals surface area contributed by atoms with Gasteiger partial charge < -0.3 is 4.90 Å². The van der Waals surface area contributed by atoms with Crippen molar-refractivity contribution in [1.29, 1.82) is 0 Å². The number of thiophene rings is 1. The average Bonchev–Trinajstić information content (AvgIpc) is 2.78. The highest BCUT2D eigenvalue weighted by Crippen LogP contribution is 2.52. The van der Waals surface area contributed by atoms with E-state index in [4.69, 9.17) is 11.6 Å². The maximum atomic E-state index is 12.6. The first-order valence-electron chi connectivity index (χ1n) is 6.84. The number of amides is 1. The van der Waals surface area contributed by atoms with Crippen molar-refractivity contribution in [3.05, 3.63) is 21.3 Å². The molecule has 104 valence electrons. The molecule has 1 aromatic heterocycles. The number of carbonyl (C=O) groups is 1. The van der Waals surface area contributed by atoms with Gasteiger partial charge in [0.15, 0.2) is 0 Å². The lowest BCUT2D eigenvalue weighted by atomic mass is 9.65. The molecule has 19 heavy (non-hydrogen) atoms. The smallest absolute Gasteiger partial charge is 0.264 e. The van der Waals surface area contributed by atoms with Gasteiger partial charge >= 0.3 is 0 Å². The van der Waals surface area contributed by atoms with Crippen molar-refractivity contribution in [2.45, 2.75) is 46.1 Å². The van der Waals surface area contributed by atoms with Gasteiger partial charge in [-0.15, -0.1) is 11.3 Å². The lowest BCUT2D eigenvalue weighted by molar-refractivity contribution is 0.0713. The van der Waals surface area contributed by atoms with Crippen molar-refractivity contribution in [1.82, 2.24) is 4.90 Å². The highest BCUT2D eigenvalue weighted by atomic mass is 35.5. The molecule has 0 radical (unpaired) electrons. The molecule has 1 saturated heterocycles. The van der Waals surface area contributed by atoms with E-state index in [1.807, 2.05) is 12.1 Å². The molecule has 1 aliphatic heterocycles. The van der Waals surface area contributed by atoms with Crippen LogP contribution in [0.5, 0.6) is 0 Å². The summed E-state index contributed by atoms with van der Waals surface area (Å²) >= 11 is 7.33. The number of carbonyl (C=O) groups excluding carboxylic acids is 1. The van der Waals surface area contributed by atoms with E-state index in [1.165, 1.54) is 17.8 Å². The first-order chi connectivity index (χ1) is 8.78. The Bertz CT molecular complexity index is 524. The summed E-state index contributed by atoms with van der Waals surface area (Å²) in [6, 6.07) is 4.07. The van der Waals surface area contributed by atoms with Gasteiger partial charge in [-0.2, -0.15) is 0 Å². The van der Waals surface area contributed by atoms with Gasteiger partial charge in [-0.05, 0) is 42.2 Å². The van der Waals surface area contributed by atoms with E-state index in [2.05, 4.69) is 25.7 Å². The molecule has 1 amide bonds. The minimum absolute atomic E-state index is 0.170. The lowest BCUT2D eigenvalue weighted by Gasteiger charge is -2.39. The Hall–Kier alpha value is -0.540. The van der Waals surface area contributed by atoms with E-state index in [-0.39, 0.29) is 5.91 Å². The Balaban J connectivity index is 1.86. The zero-order chi connectivity index (χ0) is 13.8. The molecule has 2 unspecified atom stereocenters. The van der Waals surface area contributed by atoms with Crippen LogP contribution in [0.2, 0.25) is 4.34 Å². The van der Waals surface area contributed by atoms with Gasteiger partial charge in [0.05, 0.1) is 9.21 Å². The Labute approximate surface area is 123 Å². The standard InChI is InChI=1S/C15H20ClNOS/c1-14(2)6-10-7-15(3,8-14)9-17(10)13(18)11-4-5-12(16)19-11/h4-5,10H,6-9H2,1-3H3. The predicted molar refractivity (Wildman–Crippen MR) is 79.9 cm³/mol. The van der Waals surface area contributed by atoms with Gasteiger partial charge in [-0.25, -0.2) is 0 Å². The van der Waals surface area contributed by atoms with Gasteiger partial charge in [0.25, 0.3) is 5.91 Å². The topological polar surface area (TPSA) is 20.3 Å². The van der Waals surface area contributed by atoms with Crippen LogP contribution in [0.1, 0.15) is 49.7 Å². The molecule has 1 saturated carbocycles. The van der Waals surface area contributed by atoms with Crippen LogP contribution in [0.25, 0.3) is 0 Å². The quantitative estimate of drug-likeness (QED) is 0.750.